The zero-order valence-corrected chi connectivity index (χ0v) is 17.7. The summed E-state index contributed by atoms with van der Waals surface area (Å²) in [5, 5.41) is 1.16. The molecule has 3 unspecified atom stereocenters. The molecular weight excluding hydrogens is 396 g/mol. The quantitative estimate of drug-likeness (QED) is 0.759. The van der Waals surface area contributed by atoms with Gasteiger partial charge in [-0.2, -0.15) is 0 Å². The summed E-state index contributed by atoms with van der Waals surface area (Å²) in [6.07, 6.45) is 5.53. The van der Waals surface area contributed by atoms with Gasteiger partial charge < -0.3 is 24.1 Å². The van der Waals surface area contributed by atoms with Crippen molar-refractivity contribution in [1.29, 1.82) is 0 Å². The van der Waals surface area contributed by atoms with Gasteiger partial charge in [0.15, 0.2) is 0 Å². The molecule has 1 aromatic heterocycles. The molecule has 0 spiro atoms. The predicted octanol–water partition coefficient (Wildman–Crippen LogP) is 3.54. The van der Waals surface area contributed by atoms with Crippen LogP contribution in [0, 0.1) is 11.8 Å². The van der Waals surface area contributed by atoms with Crippen molar-refractivity contribution in [2.45, 2.75) is 25.3 Å². The molecule has 1 saturated heterocycles. The van der Waals surface area contributed by atoms with Crippen molar-refractivity contribution in [3.05, 3.63) is 53.6 Å². The first kappa shape index (κ1) is 19.7. The van der Waals surface area contributed by atoms with E-state index in [0.29, 0.717) is 25.0 Å². The molecule has 2 aromatic rings. The van der Waals surface area contributed by atoms with E-state index < -0.39 is 0 Å². The molecule has 0 saturated carbocycles. The predicted molar refractivity (Wildman–Crippen MR) is 115 cm³/mol. The van der Waals surface area contributed by atoms with Crippen LogP contribution in [0.4, 0.5) is 0 Å². The number of piperidine rings is 1. The van der Waals surface area contributed by atoms with Crippen LogP contribution in [0.25, 0.3) is 16.5 Å². The second-order valence-corrected chi connectivity index (χ2v) is 8.40. The molecule has 162 valence electrons. The maximum atomic E-state index is 12.4. The van der Waals surface area contributed by atoms with Crippen LogP contribution in [-0.2, 0) is 23.8 Å². The number of fused-ring (bicyclic) bond motifs is 6. The largest absolute Gasteiger partial charge is 0.500 e. The van der Waals surface area contributed by atoms with Gasteiger partial charge >= 0.3 is 11.9 Å². The number of esters is 2. The molecule has 7 heteroatoms. The van der Waals surface area contributed by atoms with Crippen LogP contribution in [0.1, 0.15) is 36.6 Å². The Morgan fingerprint density at radius 1 is 1.23 bits per heavy atom. The summed E-state index contributed by atoms with van der Waals surface area (Å²) in [7, 11) is 2.83. The number of aromatic amines is 1. The normalized spacial score (nSPS) is 24.2. The van der Waals surface area contributed by atoms with E-state index in [2.05, 4.69) is 28.2 Å². The maximum absolute atomic E-state index is 12.4. The minimum absolute atomic E-state index is 0.0896. The number of carbonyl (C=O) groups excluding carboxylic acids is 2. The van der Waals surface area contributed by atoms with Crippen molar-refractivity contribution in [2.75, 3.05) is 27.4 Å². The summed E-state index contributed by atoms with van der Waals surface area (Å²) < 4.78 is 15.5. The topological polar surface area (TPSA) is 80.9 Å². The van der Waals surface area contributed by atoms with Crippen molar-refractivity contribution in [3.8, 4) is 0 Å². The third kappa shape index (κ3) is 3.28. The van der Waals surface area contributed by atoms with Gasteiger partial charge in [0.25, 0.3) is 0 Å². The Bertz CT molecular complexity index is 1100. The summed E-state index contributed by atoms with van der Waals surface area (Å²) in [5.74, 6) is -0.229. The van der Waals surface area contributed by atoms with Crippen molar-refractivity contribution >= 4 is 28.4 Å². The third-order valence-electron chi connectivity index (χ3n) is 6.77. The first-order valence-electron chi connectivity index (χ1n) is 10.6. The molecule has 3 aliphatic rings. The van der Waals surface area contributed by atoms with E-state index in [1.54, 1.807) is 6.26 Å². The first-order chi connectivity index (χ1) is 15.1. The number of carbonyl (C=O) groups is 2. The Hall–Kier alpha value is -3.22. The van der Waals surface area contributed by atoms with Crippen LogP contribution in [-0.4, -0.2) is 49.2 Å². The fourth-order valence-electron chi connectivity index (χ4n) is 5.29. The van der Waals surface area contributed by atoms with Gasteiger partial charge in [-0.25, -0.2) is 4.79 Å². The minimum Gasteiger partial charge on any atom is -0.500 e. The molecule has 7 nitrogen and oxygen atoms in total. The van der Waals surface area contributed by atoms with E-state index in [9.17, 15) is 9.59 Å². The van der Waals surface area contributed by atoms with E-state index in [1.165, 1.54) is 19.8 Å². The van der Waals surface area contributed by atoms with E-state index >= 15 is 0 Å². The standard InChI is InChI=1S/C24H26N2O5/c1-29-21(27)8-7-14-10-26-11-15-12-31-13-18(24(28)30-2)17(15)9-20(26)23-22(14)16-5-3-4-6-19(16)25-23/h3-6,10,13,15,17,20,25H,7-9,11-12H2,1-2H3. The van der Waals surface area contributed by atoms with Crippen LogP contribution in [0.3, 0.4) is 0 Å². The highest BCUT2D eigenvalue weighted by Crippen LogP contribution is 2.49. The lowest BCUT2D eigenvalue weighted by molar-refractivity contribution is -0.140. The Kier molecular flexibility index (Phi) is 4.96. The zero-order valence-electron chi connectivity index (χ0n) is 17.7. The summed E-state index contributed by atoms with van der Waals surface area (Å²) in [4.78, 5) is 30.2. The highest BCUT2D eigenvalue weighted by atomic mass is 16.5. The number of para-hydroxylation sites is 1. The van der Waals surface area contributed by atoms with Gasteiger partial charge in [0, 0.05) is 53.2 Å². The van der Waals surface area contributed by atoms with Crippen molar-refractivity contribution in [1.82, 2.24) is 9.88 Å². The maximum Gasteiger partial charge on any atom is 0.337 e. The Labute approximate surface area is 180 Å². The molecule has 1 fully saturated rings. The van der Waals surface area contributed by atoms with Gasteiger partial charge in [-0.15, -0.1) is 0 Å². The van der Waals surface area contributed by atoms with E-state index in [4.69, 9.17) is 14.2 Å². The van der Waals surface area contributed by atoms with Crippen LogP contribution in [0.2, 0.25) is 0 Å². The van der Waals surface area contributed by atoms with Crippen LogP contribution in [0.5, 0.6) is 0 Å². The lowest BCUT2D eigenvalue weighted by atomic mass is 9.74. The molecule has 0 amide bonds. The van der Waals surface area contributed by atoms with Crippen LogP contribution >= 0.6 is 0 Å². The number of benzene rings is 1. The molecule has 1 aromatic carbocycles. The summed E-state index contributed by atoms with van der Waals surface area (Å²) in [6.45, 7) is 1.36. The SMILES string of the molecule is COC(=O)CCC1=CN2CC3COC=C(C(=O)OC)C3CC2c2[nH]c3ccccc3c21. The lowest BCUT2D eigenvalue weighted by Gasteiger charge is -2.47. The number of allylic oxidation sites excluding steroid dienone is 1. The molecule has 4 heterocycles. The van der Waals surface area contributed by atoms with Crippen LogP contribution in [0.15, 0.2) is 42.3 Å². The average Bonchev–Trinajstić information content (AvgIpc) is 3.20. The number of nitrogens with zero attached hydrogens (tertiary/aromatic N) is 1. The fourth-order valence-corrected chi connectivity index (χ4v) is 5.29. The zero-order chi connectivity index (χ0) is 21.5. The average molecular weight is 422 g/mol. The molecule has 0 bridgehead atoms. The van der Waals surface area contributed by atoms with Gasteiger partial charge in [0.2, 0.25) is 0 Å². The van der Waals surface area contributed by atoms with E-state index in [0.717, 1.165) is 35.1 Å². The number of methoxy groups -OCH3 is 2. The van der Waals surface area contributed by atoms with Gasteiger partial charge in [-0.05, 0) is 24.5 Å². The summed E-state index contributed by atoms with van der Waals surface area (Å²) in [5.41, 5.74) is 5.16. The van der Waals surface area contributed by atoms with E-state index in [1.807, 2.05) is 12.1 Å². The number of H-pyrrole nitrogens is 1. The second-order valence-electron chi connectivity index (χ2n) is 8.40. The molecule has 0 radical (unpaired) electrons. The number of aromatic nitrogens is 1. The smallest absolute Gasteiger partial charge is 0.337 e. The van der Waals surface area contributed by atoms with Crippen molar-refractivity contribution in [2.24, 2.45) is 11.8 Å². The van der Waals surface area contributed by atoms with Crippen molar-refractivity contribution < 1.29 is 23.8 Å². The lowest BCUT2D eigenvalue weighted by Crippen LogP contribution is -2.46. The minimum atomic E-state index is -0.315. The Morgan fingerprint density at radius 3 is 2.87 bits per heavy atom. The number of hydrogen-bond donors (Lipinski definition) is 1. The Morgan fingerprint density at radius 2 is 2.06 bits per heavy atom. The molecule has 5 rings (SSSR count). The molecular formula is C24H26N2O5. The van der Waals surface area contributed by atoms with Gasteiger partial charge in [0.1, 0.15) is 0 Å². The molecule has 3 aliphatic heterocycles. The highest BCUT2D eigenvalue weighted by Gasteiger charge is 2.44. The van der Waals surface area contributed by atoms with Crippen LogP contribution < -0.4 is 0 Å². The number of ether oxygens (including phenoxy) is 3. The summed E-state index contributed by atoms with van der Waals surface area (Å²) in [6, 6.07) is 8.38. The van der Waals surface area contributed by atoms with Gasteiger partial charge in [0.05, 0.1) is 38.7 Å². The third-order valence-corrected chi connectivity index (χ3v) is 6.77. The number of hydrogen-bond acceptors (Lipinski definition) is 6. The van der Waals surface area contributed by atoms with Gasteiger partial charge in [-0.1, -0.05) is 18.2 Å². The molecule has 1 N–H and O–H groups in total. The van der Waals surface area contributed by atoms with E-state index in [-0.39, 0.29) is 29.8 Å². The first-order valence-corrected chi connectivity index (χ1v) is 10.6. The highest BCUT2D eigenvalue weighted by molar-refractivity contribution is 5.95. The molecule has 0 aliphatic carbocycles. The summed E-state index contributed by atoms with van der Waals surface area (Å²) >= 11 is 0. The second kappa shape index (κ2) is 7.80. The van der Waals surface area contributed by atoms with Crippen molar-refractivity contribution in [3.63, 3.8) is 0 Å². The monoisotopic (exact) mass is 422 g/mol. The molecule has 31 heavy (non-hydrogen) atoms. The number of rotatable bonds is 4. The Balaban J connectivity index is 1.55. The molecule has 3 atom stereocenters. The fraction of sp³-hybridized carbons (Fsp3) is 0.417. The number of nitrogens with one attached hydrogen (secondary N) is 1. The van der Waals surface area contributed by atoms with Gasteiger partial charge in [-0.3, -0.25) is 4.79 Å².